The molecule has 0 saturated heterocycles. The molecule has 1 N–H and O–H groups in total. The molecule has 4 heteroatoms. The quantitative estimate of drug-likeness (QED) is 0.863. The van der Waals surface area contributed by atoms with Crippen LogP contribution in [-0.2, 0) is 7.05 Å². The first-order valence-corrected chi connectivity index (χ1v) is 7.93. The molecule has 0 spiro atoms. The molecule has 1 atom stereocenters. The summed E-state index contributed by atoms with van der Waals surface area (Å²) in [6, 6.07) is 8.85. The van der Waals surface area contributed by atoms with Crippen LogP contribution in [0.2, 0.25) is 5.02 Å². The second-order valence-corrected chi connectivity index (χ2v) is 6.12. The molecule has 0 bridgehead atoms. The van der Waals surface area contributed by atoms with E-state index < -0.39 is 0 Å². The van der Waals surface area contributed by atoms with E-state index in [4.69, 9.17) is 11.6 Å². The Kier molecular flexibility index (Phi) is 5.43. The first-order chi connectivity index (χ1) is 10.0. The third kappa shape index (κ3) is 3.66. The zero-order valence-corrected chi connectivity index (χ0v) is 14.0. The number of nitrogens with one attached hydrogen (secondary N) is 1. The molecule has 0 radical (unpaired) electrons. The Balaban J connectivity index is 2.36. The topological polar surface area (TPSA) is 29.9 Å². The van der Waals surface area contributed by atoms with Crippen LogP contribution in [0, 0.1) is 0 Å². The number of halogens is 1. The van der Waals surface area contributed by atoms with E-state index in [0.717, 1.165) is 18.7 Å². The van der Waals surface area contributed by atoms with E-state index in [-0.39, 0.29) is 6.04 Å². The largest absolute Gasteiger partial charge is 0.305 e. The Hall–Kier alpha value is -1.32. The van der Waals surface area contributed by atoms with E-state index >= 15 is 0 Å². The van der Waals surface area contributed by atoms with Crippen LogP contribution in [-0.4, -0.2) is 16.3 Å². The van der Waals surface area contributed by atoms with Crippen molar-refractivity contribution in [3.8, 4) is 0 Å². The predicted octanol–water partition coefficient (Wildman–Crippen LogP) is 4.29. The van der Waals surface area contributed by atoms with E-state index in [2.05, 4.69) is 55.5 Å². The summed E-state index contributed by atoms with van der Waals surface area (Å²) in [5.41, 5.74) is 3.59. The van der Waals surface area contributed by atoms with E-state index in [9.17, 15) is 0 Å². The lowest BCUT2D eigenvalue weighted by atomic mass is 9.97. The fourth-order valence-electron chi connectivity index (χ4n) is 2.48. The van der Waals surface area contributed by atoms with Gasteiger partial charge in [0.05, 0.1) is 23.0 Å². The van der Waals surface area contributed by atoms with E-state index in [0.29, 0.717) is 10.9 Å². The van der Waals surface area contributed by atoms with Gasteiger partial charge in [0.25, 0.3) is 0 Å². The minimum Gasteiger partial charge on any atom is -0.305 e. The van der Waals surface area contributed by atoms with Crippen molar-refractivity contribution in [2.75, 3.05) is 6.54 Å². The molecule has 1 heterocycles. The molecule has 1 unspecified atom stereocenters. The Morgan fingerprint density at radius 2 is 1.81 bits per heavy atom. The van der Waals surface area contributed by atoms with Crippen LogP contribution in [0.1, 0.15) is 56.0 Å². The van der Waals surface area contributed by atoms with Gasteiger partial charge in [-0.3, -0.25) is 4.68 Å². The summed E-state index contributed by atoms with van der Waals surface area (Å²) in [6.45, 7) is 7.52. The van der Waals surface area contributed by atoms with Crippen LogP contribution in [0.3, 0.4) is 0 Å². The fourth-order valence-corrected chi connectivity index (χ4v) is 2.75. The molecular weight excluding hydrogens is 282 g/mol. The average Bonchev–Trinajstić information content (AvgIpc) is 2.80. The van der Waals surface area contributed by atoms with Gasteiger partial charge in [0.15, 0.2) is 0 Å². The normalized spacial score (nSPS) is 12.9. The molecule has 2 rings (SSSR count). The number of aromatic nitrogens is 2. The van der Waals surface area contributed by atoms with Crippen molar-refractivity contribution in [1.82, 2.24) is 15.1 Å². The molecule has 1 aromatic carbocycles. The second-order valence-electron chi connectivity index (χ2n) is 5.71. The minimum atomic E-state index is 0.0752. The average molecular weight is 306 g/mol. The lowest BCUT2D eigenvalue weighted by Gasteiger charge is -2.20. The van der Waals surface area contributed by atoms with Crippen LogP contribution in [0.5, 0.6) is 0 Å². The van der Waals surface area contributed by atoms with Crippen molar-refractivity contribution < 1.29 is 0 Å². The number of nitrogens with zero attached hydrogens (tertiary/aromatic N) is 2. The van der Waals surface area contributed by atoms with Crippen molar-refractivity contribution in [3.63, 3.8) is 0 Å². The number of hydrogen-bond donors (Lipinski definition) is 1. The van der Waals surface area contributed by atoms with Crippen LogP contribution in [0.25, 0.3) is 0 Å². The molecule has 0 saturated carbocycles. The third-order valence-electron chi connectivity index (χ3n) is 3.75. The SMILES string of the molecule is CCCNC(c1ccc(C(C)C)cc1)c1c(Cl)cnn1C. The van der Waals surface area contributed by atoms with Gasteiger partial charge in [0.2, 0.25) is 0 Å². The van der Waals surface area contributed by atoms with Gasteiger partial charge in [-0.1, -0.05) is 56.6 Å². The van der Waals surface area contributed by atoms with Gasteiger partial charge in [-0.25, -0.2) is 0 Å². The second kappa shape index (κ2) is 7.10. The molecule has 21 heavy (non-hydrogen) atoms. The summed E-state index contributed by atoms with van der Waals surface area (Å²) < 4.78 is 1.85. The molecule has 0 aliphatic rings. The highest BCUT2D eigenvalue weighted by atomic mass is 35.5. The predicted molar refractivity (Wildman–Crippen MR) is 88.9 cm³/mol. The molecule has 114 valence electrons. The molecule has 0 aliphatic heterocycles. The maximum atomic E-state index is 6.33. The molecule has 3 nitrogen and oxygen atoms in total. The highest BCUT2D eigenvalue weighted by molar-refractivity contribution is 6.31. The van der Waals surface area contributed by atoms with Crippen LogP contribution < -0.4 is 5.32 Å². The Morgan fingerprint density at radius 3 is 2.29 bits per heavy atom. The summed E-state index contributed by atoms with van der Waals surface area (Å²) in [5, 5.41) is 8.54. The summed E-state index contributed by atoms with van der Waals surface area (Å²) in [4.78, 5) is 0. The Labute approximate surface area is 132 Å². The summed E-state index contributed by atoms with van der Waals surface area (Å²) in [5.74, 6) is 0.543. The number of rotatable bonds is 6. The van der Waals surface area contributed by atoms with Gasteiger partial charge in [0.1, 0.15) is 0 Å². The monoisotopic (exact) mass is 305 g/mol. The van der Waals surface area contributed by atoms with Gasteiger partial charge < -0.3 is 5.32 Å². The molecule has 0 fully saturated rings. The molecule has 0 aliphatic carbocycles. The third-order valence-corrected chi connectivity index (χ3v) is 4.04. The lowest BCUT2D eigenvalue weighted by Crippen LogP contribution is -2.25. The van der Waals surface area contributed by atoms with Crippen molar-refractivity contribution >= 4 is 11.6 Å². The smallest absolute Gasteiger partial charge is 0.0837 e. The van der Waals surface area contributed by atoms with Gasteiger partial charge in [-0.2, -0.15) is 5.10 Å². The molecule has 0 amide bonds. The standard InChI is InChI=1S/C17H24ClN3/c1-5-10-19-16(17-15(18)11-20-21(17)4)14-8-6-13(7-9-14)12(2)3/h6-9,11-12,16,19H,5,10H2,1-4H3. The molecular formula is C17H24ClN3. The maximum Gasteiger partial charge on any atom is 0.0837 e. The highest BCUT2D eigenvalue weighted by Crippen LogP contribution is 2.28. The molecule has 2 aromatic rings. The van der Waals surface area contributed by atoms with E-state index in [1.54, 1.807) is 6.20 Å². The summed E-state index contributed by atoms with van der Waals surface area (Å²) >= 11 is 6.33. The van der Waals surface area contributed by atoms with Crippen molar-refractivity contribution in [2.24, 2.45) is 7.05 Å². The van der Waals surface area contributed by atoms with Crippen LogP contribution in [0.15, 0.2) is 30.5 Å². The van der Waals surface area contributed by atoms with Gasteiger partial charge >= 0.3 is 0 Å². The first kappa shape index (κ1) is 16.1. The Morgan fingerprint density at radius 1 is 1.19 bits per heavy atom. The van der Waals surface area contributed by atoms with Crippen molar-refractivity contribution in [2.45, 2.75) is 39.2 Å². The highest BCUT2D eigenvalue weighted by Gasteiger charge is 2.20. The van der Waals surface area contributed by atoms with E-state index in [1.807, 2.05) is 11.7 Å². The number of benzene rings is 1. The van der Waals surface area contributed by atoms with Crippen molar-refractivity contribution in [1.29, 1.82) is 0 Å². The number of aryl methyl sites for hydroxylation is 1. The molecule has 1 aromatic heterocycles. The minimum absolute atomic E-state index is 0.0752. The van der Waals surface area contributed by atoms with E-state index in [1.165, 1.54) is 11.1 Å². The summed E-state index contributed by atoms with van der Waals surface area (Å²) in [7, 11) is 1.93. The number of hydrogen-bond acceptors (Lipinski definition) is 2. The lowest BCUT2D eigenvalue weighted by molar-refractivity contribution is 0.553. The van der Waals surface area contributed by atoms with Gasteiger partial charge in [-0.15, -0.1) is 0 Å². The zero-order valence-electron chi connectivity index (χ0n) is 13.2. The zero-order chi connectivity index (χ0) is 15.4. The van der Waals surface area contributed by atoms with Gasteiger partial charge in [0, 0.05) is 7.05 Å². The first-order valence-electron chi connectivity index (χ1n) is 7.55. The summed E-state index contributed by atoms with van der Waals surface area (Å²) in [6.07, 6.45) is 2.79. The van der Waals surface area contributed by atoms with Crippen LogP contribution >= 0.6 is 11.6 Å². The Bertz CT molecular complexity index is 553. The van der Waals surface area contributed by atoms with Crippen LogP contribution in [0.4, 0.5) is 0 Å². The maximum absolute atomic E-state index is 6.33. The van der Waals surface area contributed by atoms with Gasteiger partial charge in [-0.05, 0) is 30.0 Å². The fraction of sp³-hybridized carbons (Fsp3) is 0.471. The van der Waals surface area contributed by atoms with Crippen molar-refractivity contribution in [3.05, 3.63) is 52.3 Å².